The van der Waals surface area contributed by atoms with Gasteiger partial charge >= 0.3 is 0 Å². The molecule has 0 bridgehead atoms. The number of hydrogen-bond donors (Lipinski definition) is 1. The zero-order valence-corrected chi connectivity index (χ0v) is 11.4. The lowest BCUT2D eigenvalue weighted by Gasteiger charge is -2.19. The van der Waals surface area contributed by atoms with Gasteiger partial charge in [-0.1, -0.05) is 29.8 Å². The fourth-order valence-electron chi connectivity index (χ4n) is 1.22. The molecule has 5 heteroatoms. The molecule has 0 aliphatic carbocycles. The van der Waals surface area contributed by atoms with Crippen molar-refractivity contribution in [1.82, 2.24) is 10.3 Å². The van der Waals surface area contributed by atoms with E-state index in [1.165, 1.54) is 6.20 Å². The van der Waals surface area contributed by atoms with Crippen LogP contribution in [0.1, 0.15) is 29.9 Å². The highest BCUT2D eigenvalue weighted by Crippen LogP contribution is 2.06. The third kappa shape index (κ3) is 3.82. The summed E-state index contributed by atoms with van der Waals surface area (Å²) >= 11 is 3.36. The molecule has 1 amide bonds. The number of nitrogens with zero attached hydrogens (tertiary/aromatic N) is 2. The number of hydrogen-bond acceptors (Lipinski definition) is 3. The predicted octanol–water partition coefficient (Wildman–Crippen LogP) is 2.10. The van der Waals surface area contributed by atoms with Crippen LogP contribution in [-0.2, 0) is 0 Å². The van der Waals surface area contributed by atoms with Crippen LogP contribution >= 0.6 is 15.9 Å². The Morgan fingerprint density at radius 2 is 2.29 bits per heavy atom. The van der Waals surface area contributed by atoms with Crippen molar-refractivity contribution in [3.8, 4) is 6.07 Å². The van der Waals surface area contributed by atoms with Crippen molar-refractivity contribution in [2.45, 2.75) is 19.9 Å². The maximum Gasteiger partial charge on any atom is 0.270 e. The van der Waals surface area contributed by atoms with E-state index in [4.69, 9.17) is 5.26 Å². The molecule has 0 saturated carbocycles. The van der Waals surface area contributed by atoms with Crippen LogP contribution in [0.15, 0.2) is 18.3 Å². The number of carbonyl (C=O) groups excluding carboxylic acids is 1. The third-order valence-electron chi connectivity index (χ3n) is 2.41. The molecule has 17 heavy (non-hydrogen) atoms. The molecule has 1 aromatic rings. The van der Waals surface area contributed by atoms with Crippen LogP contribution in [0, 0.1) is 17.2 Å². The number of halogens is 1. The van der Waals surface area contributed by atoms with Crippen LogP contribution in [0.25, 0.3) is 0 Å². The molecule has 0 aliphatic heterocycles. The van der Waals surface area contributed by atoms with E-state index in [0.717, 1.165) is 0 Å². The number of pyridine rings is 1. The van der Waals surface area contributed by atoms with Crippen molar-refractivity contribution in [2.24, 2.45) is 5.92 Å². The molecule has 1 heterocycles. The molecule has 4 nitrogen and oxygen atoms in total. The van der Waals surface area contributed by atoms with Crippen LogP contribution < -0.4 is 5.32 Å². The minimum absolute atomic E-state index is 0.0694. The first-order valence-corrected chi connectivity index (χ1v) is 6.43. The van der Waals surface area contributed by atoms with Crippen LogP contribution in [0.5, 0.6) is 0 Å². The van der Waals surface area contributed by atoms with Gasteiger partial charge in [0.1, 0.15) is 11.8 Å². The molecule has 1 rings (SSSR count). The van der Waals surface area contributed by atoms with E-state index in [0.29, 0.717) is 22.5 Å². The highest BCUT2D eigenvalue weighted by Gasteiger charge is 2.16. The van der Waals surface area contributed by atoms with E-state index in [1.54, 1.807) is 12.1 Å². The monoisotopic (exact) mass is 295 g/mol. The lowest BCUT2D eigenvalue weighted by atomic mass is 10.1. The SMILES string of the molecule is CC(C)C(CBr)NC(=O)c1ccc(C#N)cn1. The molecule has 0 saturated heterocycles. The van der Waals surface area contributed by atoms with E-state index in [1.807, 2.05) is 19.9 Å². The van der Waals surface area contributed by atoms with Crippen molar-refractivity contribution < 1.29 is 4.79 Å². The molecule has 0 fully saturated rings. The lowest BCUT2D eigenvalue weighted by Crippen LogP contribution is -2.40. The van der Waals surface area contributed by atoms with Gasteiger partial charge in [0.05, 0.1) is 5.56 Å². The van der Waals surface area contributed by atoms with Gasteiger partial charge in [0, 0.05) is 17.6 Å². The Morgan fingerprint density at radius 3 is 2.71 bits per heavy atom. The summed E-state index contributed by atoms with van der Waals surface area (Å²) in [5, 5.41) is 12.2. The number of aromatic nitrogens is 1. The maximum atomic E-state index is 11.8. The Hall–Kier alpha value is -1.41. The Balaban J connectivity index is 2.73. The summed E-state index contributed by atoms with van der Waals surface area (Å²) in [6.07, 6.45) is 1.40. The number of rotatable bonds is 4. The predicted molar refractivity (Wildman–Crippen MR) is 68.8 cm³/mol. The van der Waals surface area contributed by atoms with Crippen LogP contribution in [0.3, 0.4) is 0 Å². The molecule has 0 spiro atoms. The van der Waals surface area contributed by atoms with Gasteiger partial charge in [0.2, 0.25) is 0 Å². The van der Waals surface area contributed by atoms with Gasteiger partial charge in [-0.2, -0.15) is 5.26 Å². The fraction of sp³-hybridized carbons (Fsp3) is 0.417. The average molecular weight is 296 g/mol. The smallest absolute Gasteiger partial charge is 0.270 e. The summed E-state index contributed by atoms with van der Waals surface area (Å²) in [6.45, 7) is 4.08. The number of nitriles is 1. The number of alkyl halides is 1. The molecular formula is C12H14BrN3O. The van der Waals surface area contributed by atoms with Crippen molar-refractivity contribution in [1.29, 1.82) is 5.26 Å². The highest BCUT2D eigenvalue weighted by molar-refractivity contribution is 9.09. The first kappa shape index (κ1) is 13.7. The Labute approximate surface area is 109 Å². The van der Waals surface area contributed by atoms with Gasteiger partial charge in [0.25, 0.3) is 5.91 Å². The van der Waals surface area contributed by atoms with E-state index in [2.05, 4.69) is 26.2 Å². The Morgan fingerprint density at radius 1 is 1.59 bits per heavy atom. The molecule has 1 N–H and O–H groups in total. The summed E-state index contributed by atoms with van der Waals surface area (Å²) < 4.78 is 0. The summed E-state index contributed by atoms with van der Waals surface area (Å²) in [6, 6.07) is 5.17. The van der Waals surface area contributed by atoms with Crippen molar-refractivity contribution in [3.05, 3.63) is 29.6 Å². The Kier molecular flexibility index (Phi) is 5.11. The van der Waals surface area contributed by atoms with Crippen molar-refractivity contribution in [2.75, 3.05) is 5.33 Å². The quantitative estimate of drug-likeness (QED) is 0.865. The maximum absolute atomic E-state index is 11.8. The standard InChI is InChI=1S/C12H14BrN3O/c1-8(2)11(5-13)16-12(17)10-4-3-9(6-14)7-15-10/h3-4,7-8,11H,5H2,1-2H3,(H,16,17). The molecule has 0 aromatic carbocycles. The zero-order chi connectivity index (χ0) is 12.8. The number of nitrogens with one attached hydrogen (secondary N) is 1. The summed E-state index contributed by atoms with van der Waals surface area (Å²) in [7, 11) is 0. The van der Waals surface area contributed by atoms with E-state index < -0.39 is 0 Å². The van der Waals surface area contributed by atoms with Crippen LogP contribution in [0.2, 0.25) is 0 Å². The minimum atomic E-state index is -0.215. The van der Waals surface area contributed by atoms with Crippen LogP contribution in [-0.4, -0.2) is 22.3 Å². The normalized spacial score (nSPS) is 11.9. The molecule has 90 valence electrons. The molecule has 1 atom stereocenters. The van der Waals surface area contributed by atoms with Gasteiger partial charge in [0.15, 0.2) is 0 Å². The minimum Gasteiger partial charge on any atom is -0.347 e. The first-order chi connectivity index (χ1) is 8.08. The third-order valence-corrected chi connectivity index (χ3v) is 3.11. The van der Waals surface area contributed by atoms with Gasteiger partial charge in [-0.05, 0) is 18.1 Å². The summed E-state index contributed by atoms with van der Waals surface area (Å²) in [5.74, 6) is 0.129. The Bertz CT molecular complexity index is 422. The van der Waals surface area contributed by atoms with Gasteiger partial charge in [-0.25, -0.2) is 4.98 Å². The second-order valence-electron chi connectivity index (χ2n) is 4.02. The van der Waals surface area contributed by atoms with Crippen molar-refractivity contribution >= 4 is 21.8 Å². The second kappa shape index (κ2) is 6.36. The van der Waals surface area contributed by atoms with E-state index in [-0.39, 0.29) is 11.9 Å². The van der Waals surface area contributed by atoms with Crippen LogP contribution in [0.4, 0.5) is 0 Å². The summed E-state index contributed by atoms with van der Waals surface area (Å²) in [4.78, 5) is 15.8. The van der Waals surface area contributed by atoms with E-state index >= 15 is 0 Å². The highest BCUT2D eigenvalue weighted by atomic mass is 79.9. The molecule has 0 radical (unpaired) electrons. The molecule has 0 aliphatic rings. The molecular weight excluding hydrogens is 282 g/mol. The topological polar surface area (TPSA) is 65.8 Å². The average Bonchev–Trinajstić information content (AvgIpc) is 2.35. The van der Waals surface area contributed by atoms with E-state index in [9.17, 15) is 4.79 Å². The number of carbonyl (C=O) groups is 1. The lowest BCUT2D eigenvalue weighted by molar-refractivity contribution is 0.0926. The second-order valence-corrected chi connectivity index (χ2v) is 4.67. The first-order valence-electron chi connectivity index (χ1n) is 5.31. The van der Waals surface area contributed by atoms with Gasteiger partial charge in [-0.15, -0.1) is 0 Å². The summed E-state index contributed by atoms with van der Waals surface area (Å²) in [5.41, 5.74) is 0.776. The van der Waals surface area contributed by atoms with Crippen molar-refractivity contribution in [3.63, 3.8) is 0 Å². The van der Waals surface area contributed by atoms with Gasteiger partial charge in [-0.3, -0.25) is 4.79 Å². The number of amides is 1. The van der Waals surface area contributed by atoms with Gasteiger partial charge < -0.3 is 5.32 Å². The largest absolute Gasteiger partial charge is 0.347 e. The molecule has 1 unspecified atom stereocenters. The fourth-order valence-corrected chi connectivity index (χ4v) is 2.13. The zero-order valence-electron chi connectivity index (χ0n) is 9.77. The molecule has 1 aromatic heterocycles.